The standard InChI is InChI=1S/C14H22N2O3/c1-10(17)14-11(7-6-8-12(14)19-5)16(4)9-13(18)15(2)3/h6-8,10,17H,9H2,1-5H3. The van der Waals surface area contributed by atoms with Crippen molar-refractivity contribution in [2.24, 2.45) is 0 Å². The molecule has 5 heteroatoms. The molecular weight excluding hydrogens is 244 g/mol. The van der Waals surface area contributed by atoms with Crippen molar-refractivity contribution in [3.8, 4) is 5.75 Å². The summed E-state index contributed by atoms with van der Waals surface area (Å²) < 4.78 is 5.27. The summed E-state index contributed by atoms with van der Waals surface area (Å²) in [5.41, 5.74) is 1.49. The predicted molar refractivity (Wildman–Crippen MR) is 75.6 cm³/mol. The van der Waals surface area contributed by atoms with Crippen LogP contribution < -0.4 is 9.64 Å². The number of anilines is 1. The number of likely N-dealkylation sites (N-methyl/N-ethyl adjacent to an activating group) is 2. The SMILES string of the molecule is COc1cccc(N(C)CC(=O)N(C)C)c1C(C)O. The first-order chi connectivity index (χ1) is 8.88. The highest BCUT2D eigenvalue weighted by Gasteiger charge is 2.18. The van der Waals surface area contributed by atoms with Crippen LogP contribution in [0.1, 0.15) is 18.6 Å². The van der Waals surface area contributed by atoms with Gasteiger partial charge < -0.3 is 19.6 Å². The van der Waals surface area contributed by atoms with E-state index in [-0.39, 0.29) is 12.5 Å². The van der Waals surface area contributed by atoms with Crippen LogP contribution in [0.5, 0.6) is 5.75 Å². The summed E-state index contributed by atoms with van der Waals surface area (Å²) >= 11 is 0. The van der Waals surface area contributed by atoms with E-state index in [1.807, 2.05) is 24.1 Å². The Labute approximate surface area is 114 Å². The fourth-order valence-corrected chi connectivity index (χ4v) is 1.89. The maximum absolute atomic E-state index is 11.8. The Hall–Kier alpha value is -1.75. The topological polar surface area (TPSA) is 53.0 Å². The highest BCUT2D eigenvalue weighted by Crippen LogP contribution is 2.33. The number of benzene rings is 1. The van der Waals surface area contributed by atoms with E-state index in [1.165, 1.54) is 0 Å². The Kier molecular flexibility index (Phi) is 5.18. The minimum atomic E-state index is -0.664. The molecule has 0 fully saturated rings. The second-order valence-electron chi connectivity index (χ2n) is 4.71. The molecular formula is C14H22N2O3. The molecule has 1 atom stereocenters. The van der Waals surface area contributed by atoms with Crippen LogP contribution in [0.3, 0.4) is 0 Å². The number of carbonyl (C=O) groups is 1. The van der Waals surface area contributed by atoms with Crippen LogP contribution in [0, 0.1) is 0 Å². The molecule has 1 aromatic rings. The third-order valence-corrected chi connectivity index (χ3v) is 2.96. The van der Waals surface area contributed by atoms with Crippen molar-refractivity contribution in [2.75, 3.05) is 39.7 Å². The molecule has 0 saturated carbocycles. The lowest BCUT2D eigenvalue weighted by molar-refractivity contribution is -0.127. The average Bonchev–Trinajstić information content (AvgIpc) is 2.37. The van der Waals surface area contributed by atoms with Gasteiger partial charge in [0, 0.05) is 32.4 Å². The number of aliphatic hydroxyl groups excluding tert-OH is 1. The van der Waals surface area contributed by atoms with Crippen molar-refractivity contribution in [1.29, 1.82) is 0 Å². The van der Waals surface area contributed by atoms with Gasteiger partial charge in [0.2, 0.25) is 5.91 Å². The molecule has 0 spiro atoms. The molecule has 1 unspecified atom stereocenters. The molecule has 0 radical (unpaired) electrons. The van der Waals surface area contributed by atoms with Gasteiger partial charge in [0.15, 0.2) is 0 Å². The normalized spacial score (nSPS) is 11.9. The van der Waals surface area contributed by atoms with Gasteiger partial charge in [0.05, 0.1) is 19.8 Å². The molecule has 0 aromatic heterocycles. The minimum Gasteiger partial charge on any atom is -0.496 e. The summed E-state index contributed by atoms with van der Waals surface area (Å²) in [6.07, 6.45) is -0.664. The first-order valence-corrected chi connectivity index (χ1v) is 6.14. The quantitative estimate of drug-likeness (QED) is 0.872. The molecule has 19 heavy (non-hydrogen) atoms. The Morgan fingerprint density at radius 1 is 1.37 bits per heavy atom. The van der Waals surface area contributed by atoms with Crippen LogP contribution in [-0.4, -0.2) is 50.7 Å². The van der Waals surface area contributed by atoms with E-state index in [1.54, 1.807) is 39.1 Å². The van der Waals surface area contributed by atoms with Gasteiger partial charge in [-0.1, -0.05) is 6.07 Å². The van der Waals surface area contributed by atoms with Gasteiger partial charge in [0.25, 0.3) is 0 Å². The number of methoxy groups -OCH3 is 1. The molecule has 0 bridgehead atoms. The van der Waals surface area contributed by atoms with Gasteiger partial charge in [-0.3, -0.25) is 4.79 Å². The van der Waals surface area contributed by atoms with E-state index in [0.29, 0.717) is 11.3 Å². The van der Waals surface area contributed by atoms with Gasteiger partial charge in [-0.25, -0.2) is 0 Å². The number of hydrogen-bond donors (Lipinski definition) is 1. The lowest BCUT2D eigenvalue weighted by atomic mass is 10.1. The summed E-state index contributed by atoms with van der Waals surface area (Å²) in [6.45, 7) is 1.93. The van der Waals surface area contributed by atoms with Gasteiger partial charge in [0.1, 0.15) is 5.75 Å². The zero-order valence-corrected chi connectivity index (χ0v) is 12.2. The van der Waals surface area contributed by atoms with E-state index in [2.05, 4.69) is 0 Å². The number of nitrogens with zero attached hydrogens (tertiary/aromatic N) is 2. The third kappa shape index (κ3) is 3.61. The smallest absolute Gasteiger partial charge is 0.241 e. The Morgan fingerprint density at radius 2 is 2.00 bits per heavy atom. The fourth-order valence-electron chi connectivity index (χ4n) is 1.89. The maximum atomic E-state index is 11.8. The van der Waals surface area contributed by atoms with Gasteiger partial charge in [-0.2, -0.15) is 0 Å². The van der Waals surface area contributed by atoms with Crippen LogP contribution in [0.2, 0.25) is 0 Å². The Balaban J connectivity index is 3.08. The maximum Gasteiger partial charge on any atom is 0.241 e. The summed E-state index contributed by atoms with van der Waals surface area (Å²) in [7, 11) is 6.83. The molecule has 0 aliphatic heterocycles. The molecule has 5 nitrogen and oxygen atoms in total. The highest BCUT2D eigenvalue weighted by atomic mass is 16.5. The predicted octanol–water partition coefficient (Wildman–Crippen LogP) is 1.27. The van der Waals surface area contributed by atoms with Crippen molar-refractivity contribution in [3.05, 3.63) is 23.8 Å². The molecule has 1 rings (SSSR count). The molecule has 1 aromatic carbocycles. The summed E-state index contributed by atoms with van der Waals surface area (Å²) in [5, 5.41) is 9.91. The van der Waals surface area contributed by atoms with Crippen LogP contribution in [0.15, 0.2) is 18.2 Å². The zero-order valence-electron chi connectivity index (χ0n) is 12.2. The number of rotatable bonds is 5. The van der Waals surface area contributed by atoms with Crippen LogP contribution >= 0.6 is 0 Å². The summed E-state index contributed by atoms with van der Waals surface area (Å²) in [5.74, 6) is 0.624. The van der Waals surface area contributed by atoms with Gasteiger partial charge >= 0.3 is 0 Å². The van der Waals surface area contributed by atoms with Crippen molar-refractivity contribution < 1.29 is 14.6 Å². The molecule has 0 aliphatic carbocycles. The number of hydrogen-bond acceptors (Lipinski definition) is 4. The third-order valence-electron chi connectivity index (χ3n) is 2.96. The first-order valence-electron chi connectivity index (χ1n) is 6.14. The molecule has 0 aliphatic rings. The monoisotopic (exact) mass is 266 g/mol. The van der Waals surface area contributed by atoms with Gasteiger partial charge in [-0.15, -0.1) is 0 Å². The van der Waals surface area contributed by atoms with Crippen LogP contribution in [0.25, 0.3) is 0 Å². The highest BCUT2D eigenvalue weighted by molar-refractivity contribution is 5.81. The Bertz CT molecular complexity index is 444. The van der Waals surface area contributed by atoms with E-state index in [9.17, 15) is 9.90 Å². The van der Waals surface area contributed by atoms with Crippen molar-refractivity contribution in [1.82, 2.24) is 4.90 Å². The van der Waals surface area contributed by atoms with E-state index in [4.69, 9.17) is 4.74 Å². The number of aliphatic hydroxyl groups is 1. The average molecular weight is 266 g/mol. The molecule has 1 N–H and O–H groups in total. The van der Waals surface area contributed by atoms with Crippen molar-refractivity contribution in [2.45, 2.75) is 13.0 Å². The van der Waals surface area contributed by atoms with E-state index in [0.717, 1.165) is 5.69 Å². The lowest BCUT2D eigenvalue weighted by Crippen LogP contribution is -2.34. The summed E-state index contributed by atoms with van der Waals surface area (Å²) in [6, 6.07) is 5.51. The second kappa shape index (κ2) is 6.43. The van der Waals surface area contributed by atoms with Crippen LogP contribution in [0.4, 0.5) is 5.69 Å². The lowest BCUT2D eigenvalue weighted by Gasteiger charge is -2.25. The number of amides is 1. The van der Waals surface area contributed by atoms with Crippen LogP contribution in [-0.2, 0) is 4.79 Å². The molecule has 106 valence electrons. The second-order valence-corrected chi connectivity index (χ2v) is 4.71. The first kappa shape index (κ1) is 15.3. The fraction of sp³-hybridized carbons (Fsp3) is 0.500. The van der Waals surface area contributed by atoms with E-state index < -0.39 is 6.10 Å². The number of carbonyl (C=O) groups excluding carboxylic acids is 1. The largest absolute Gasteiger partial charge is 0.496 e. The van der Waals surface area contributed by atoms with Crippen molar-refractivity contribution >= 4 is 11.6 Å². The Morgan fingerprint density at radius 3 is 2.47 bits per heavy atom. The summed E-state index contributed by atoms with van der Waals surface area (Å²) in [4.78, 5) is 15.1. The van der Waals surface area contributed by atoms with Gasteiger partial charge in [-0.05, 0) is 19.1 Å². The molecule has 0 saturated heterocycles. The minimum absolute atomic E-state index is 0.00172. The molecule has 0 heterocycles. The number of ether oxygens (including phenoxy) is 1. The zero-order chi connectivity index (χ0) is 14.6. The van der Waals surface area contributed by atoms with Crippen molar-refractivity contribution in [3.63, 3.8) is 0 Å². The van der Waals surface area contributed by atoms with E-state index >= 15 is 0 Å². The molecule has 1 amide bonds.